The molecule has 0 saturated heterocycles. The van der Waals surface area contributed by atoms with Crippen LogP contribution >= 0.6 is 11.8 Å². The van der Waals surface area contributed by atoms with E-state index in [1.54, 1.807) is 6.07 Å². The van der Waals surface area contributed by atoms with Crippen LogP contribution in [0.1, 0.15) is 30.0 Å². The van der Waals surface area contributed by atoms with E-state index >= 15 is 0 Å². The molecule has 0 aromatic heterocycles. The van der Waals surface area contributed by atoms with Gasteiger partial charge in [0.05, 0.1) is 24.7 Å². The van der Waals surface area contributed by atoms with Crippen molar-refractivity contribution in [3.63, 3.8) is 0 Å². The summed E-state index contributed by atoms with van der Waals surface area (Å²) in [6, 6.07) is 2.96. The van der Waals surface area contributed by atoms with Crippen LogP contribution in [0.4, 0.5) is 22.0 Å². The Kier molecular flexibility index (Phi) is 6.17. The number of esters is 1. The summed E-state index contributed by atoms with van der Waals surface area (Å²) >= 11 is -0.644. The predicted octanol–water partition coefficient (Wildman–Crippen LogP) is 4.21. The van der Waals surface area contributed by atoms with Crippen molar-refractivity contribution in [1.82, 2.24) is 0 Å². The van der Waals surface area contributed by atoms with Crippen LogP contribution in [0.25, 0.3) is 0 Å². The number of ether oxygens (including phenoxy) is 1. The average molecular weight is 339 g/mol. The first-order valence-electron chi connectivity index (χ1n) is 5.94. The molecule has 0 amide bonds. The lowest BCUT2D eigenvalue weighted by Gasteiger charge is -2.14. The number of alkyl halides is 5. The molecule has 1 rings (SSSR count). The number of carbonyl (C=O) groups is 1. The Morgan fingerprint density at radius 1 is 1.41 bits per heavy atom. The molecule has 0 heterocycles. The summed E-state index contributed by atoms with van der Waals surface area (Å²) in [4.78, 5) is 10.8. The van der Waals surface area contributed by atoms with Crippen molar-refractivity contribution in [1.29, 1.82) is 5.26 Å². The van der Waals surface area contributed by atoms with Crippen molar-refractivity contribution in [3.8, 4) is 6.07 Å². The van der Waals surface area contributed by atoms with Crippen molar-refractivity contribution in [3.05, 3.63) is 28.8 Å². The summed E-state index contributed by atoms with van der Waals surface area (Å²) in [5.41, 5.74) is -6.13. The van der Waals surface area contributed by atoms with Crippen molar-refractivity contribution < 1.29 is 31.5 Å². The fourth-order valence-corrected chi connectivity index (χ4v) is 2.40. The number of thioether (sulfide) groups is 1. The van der Waals surface area contributed by atoms with Gasteiger partial charge in [0.2, 0.25) is 0 Å². The Labute approximate surface area is 127 Å². The molecule has 0 radical (unpaired) electrons. The maximum absolute atomic E-state index is 12.7. The molecule has 0 N–H and O–H groups in total. The van der Waals surface area contributed by atoms with Crippen LogP contribution in [0, 0.1) is 11.3 Å². The van der Waals surface area contributed by atoms with E-state index in [9.17, 15) is 26.7 Å². The summed E-state index contributed by atoms with van der Waals surface area (Å²) in [6.07, 6.45) is -3.63. The zero-order valence-corrected chi connectivity index (χ0v) is 12.0. The maximum atomic E-state index is 12.7. The minimum Gasteiger partial charge on any atom is -0.466 e. The zero-order valence-electron chi connectivity index (χ0n) is 11.2. The minimum atomic E-state index is -4.74. The van der Waals surface area contributed by atoms with Gasteiger partial charge in [0, 0.05) is 10.5 Å². The lowest BCUT2D eigenvalue weighted by atomic mass is 10.0. The van der Waals surface area contributed by atoms with Crippen LogP contribution in [-0.4, -0.2) is 18.1 Å². The molecule has 0 atom stereocenters. The topological polar surface area (TPSA) is 50.1 Å². The van der Waals surface area contributed by atoms with Crippen LogP contribution < -0.4 is 0 Å². The molecule has 22 heavy (non-hydrogen) atoms. The van der Waals surface area contributed by atoms with Crippen LogP contribution in [-0.2, 0) is 16.0 Å². The summed E-state index contributed by atoms with van der Waals surface area (Å²) in [6.45, 7) is 1.52. The van der Waals surface area contributed by atoms with Gasteiger partial charge >= 0.3 is 11.5 Å². The lowest BCUT2D eigenvalue weighted by molar-refractivity contribution is -0.142. The van der Waals surface area contributed by atoms with Gasteiger partial charge in [-0.1, -0.05) is 0 Å². The summed E-state index contributed by atoms with van der Waals surface area (Å²) in [5.74, 6) is -0.840. The second-order valence-electron chi connectivity index (χ2n) is 3.99. The Morgan fingerprint density at radius 2 is 2.05 bits per heavy atom. The smallest absolute Gasteiger partial charge is 0.446 e. The highest BCUT2D eigenvalue weighted by molar-refractivity contribution is 8.00. The molecule has 9 heteroatoms. The molecule has 1 aromatic carbocycles. The molecule has 0 aliphatic heterocycles. The highest BCUT2D eigenvalue weighted by Gasteiger charge is 2.32. The SMILES string of the molecule is CCOC(=O)Cc1c(C#N)cc(C(F)F)cc1SC(F)(F)F. The summed E-state index contributed by atoms with van der Waals surface area (Å²) in [7, 11) is 0. The van der Waals surface area contributed by atoms with Crippen molar-refractivity contribution in [2.24, 2.45) is 0 Å². The lowest BCUT2D eigenvalue weighted by Crippen LogP contribution is -2.11. The highest BCUT2D eigenvalue weighted by Crippen LogP contribution is 2.41. The molecule has 0 fully saturated rings. The number of hydrogen-bond donors (Lipinski definition) is 0. The molecule has 0 aliphatic rings. The van der Waals surface area contributed by atoms with Gasteiger partial charge in [-0.3, -0.25) is 4.79 Å². The average Bonchev–Trinajstić information content (AvgIpc) is 2.38. The van der Waals surface area contributed by atoms with E-state index in [1.807, 2.05) is 0 Å². The van der Waals surface area contributed by atoms with E-state index < -0.39 is 52.1 Å². The van der Waals surface area contributed by atoms with Crippen LogP contribution in [0.15, 0.2) is 17.0 Å². The molecule has 0 spiro atoms. The van der Waals surface area contributed by atoms with Crippen LogP contribution in [0.2, 0.25) is 0 Å². The second-order valence-corrected chi connectivity index (χ2v) is 5.09. The Hall–Kier alpha value is -1.82. The number of benzene rings is 1. The standard InChI is InChI=1S/C13H10F5NO2S/c1-2-21-11(20)5-9-8(6-19)3-7(12(14)15)4-10(9)22-13(16,17)18/h3-4,12H,2,5H2,1H3. The number of rotatable bonds is 5. The van der Waals surface area contributed by atoms with Crippen LogP contribution in [0.5, 0.6) is 0 Å². The zero-order chi connectivity index (χ0) is 16.9. The van der Waals surface area contributed by atoms with Crippen molar-refractivity contribution >= 4 is 17.7 Å². The third kappa shape index (κ3) is 5.18. The van der Waals surface area contributed by atoms with Crippen molar-refractivity contribution in [2.75, 3.05) is 6.61 Å². The quantitative estimate of drug-likeness (QED) is 0.458. The molecular weight excluding hydrogens is 329 g/mol. The largest absolute Gasteiger partial charge is 0.466 e. The van der Waals surface area contributed by atoms with Gasteiger partial charge in [-0.2, -0.15) is 18.4 Å². The highest BCUT2D eigenvalue weighted by atomic mass is 32.2. The van der Waals surface area contributed by atoms with Gasteiger partial charge < -0.3 is 4.74 Å². The van der Waals surface area contributed by atoms with Gasteiger partial charge in [0.1, 0.15) is 0 Å². The summed E-state index contributed by atoms with van der Waals surface area (Å²) < 4.78 is 67.7. The normalized spacial score (nSPS) is 11.4. The molecule has 1 aromatic rings. The molecule has 3 nitrogen and oxygen atoms in total. The molecule has 120 valence electrons. The molecule has 0 aliphatic carbocycles. The van der Waals surface area contributed by atoms with Gasteiger partial charge in [-0.05, 0) is 36.4 Å². The number of hydrogen-bond acceptors (Lipinski definition) is 4. The molecule has 0 bridgehead atoms. The van der Waals surface area contributed by atoms with Gasteiger partial charge in [-0.25, -0.2) is 8.78 Å². The van der Waals surface area contributed by atoms with E-state index in [4.69, 9.17) is 5.26 Å². The van der Waals surface area contributed by atoms with Gasteiger partial charge in [-0.15, -0.1) is 0 Å². The molecule has 0 saturated carbocycles. The first-order chi connectivity index (χ1) is 10.2. The van der Waals surface area contributed by atoms with E-state index in [0.717, 1.165) is 6.07 Å². The van der Waals surface area contributed by atoms with E-state index in [-0.39, 0.29) is 12.2 Å². The number of carbonyl (C=O) groups excluding carboxylic acids is 1. The van der Waals surface area contributed by atoms with E-state index in [0.29, 0.717) is 6.07 Å². The van der Waals surface area contributed by atoms with Crippen molar-refractivity contribution in [2.45, 2.75) is 30.2 Å². The maximum Gasteiger partial charge on any atom is 0.446 e. The third-order valence-corrected chi connectivity index (χ3v) is 3.27. The van der Waals surface area contributed by atoms with Crippen LogP contribution in [0.3, 0.4) is 0 Å². The monoisotopic (exact) mass is 339 g/mol. The second kappa shape index (κ2) is 7.45. The predicted molar refractivity (Wildman–Crippen MR) is 68.4 cm³/mol. The third-order valence-electron chi connectivity index (χ3n) is 2.46. The van der Waals surface area contributed by atoms with E-state index in [2.05, 4.69) is 4.74 Å². The molecular formula is C13H10F5NO2S. The first-order valence-corrected chi connectivity index (χ1v) is 6.76. The van der Waals surface area contributed by atoms with Gasteiger partial charge in [0.25, 0.3) is 6.43 Å². The van der Waals surface area contributed by atoms with Gasteiger partial charge in [0.15, 0.2) is 0 Å². The number of halogens is 5. The molecule has 0 unspecified atom stereocenters. The fraction of sp³-hybridized carbons (Fsp3) is 0.385. The first kappa shape index (κ1) is 18.2. The fourth-order valence-electron chi connectivity index (χ4n) is 1.65. The minimum absolute atomic E-state index is 0.0115. The Morgan fingerprint density at radius 3 is 2.50 bits per heavy atom. The van der Waals surface area contributed by atoms with E-state index in [1.165, 1.54) is 6.92 Å². The Bertz CT molecular complexity index is 595. The Balaban J connectivity index is 3.36. The summed E-state index contributed by atoms with van der Waals surface area (Å²) in [5, 5.41) is 8.95. The number of nitrogens with zero attached hydrogens (tertiary/aromatic N) is 1. The number of nitriles is 1.